The van der Waals surface area contributed by atoms with Gasteiger partial charge in [-0.1, -0.05) is 17.3 Å². The third-order valence-corrected chi connectivity index (χ3v) is 5.56. The Hall–Kier alpha value is -2.77. The highest BCUT2D eigenvalue weighted by atomic mass is 19.1. The highest BCUT2D eigenvalue weighted by Crippen LogP contribution is 2.25. The highest BCUT2D eigenvalue weighted by molar-refractivity contribution is 5.60. The molecule has 0 aliphatic carbocycles. The quantitative estimate of drug-likeness (QED) is 0.584. The van der Waals surface area contributed by atoms with E-state index in [0.717, 1.165) is 24.2 Å². The van der Waals surface area contributed by atoms with Gasteiger partial charge in [0.25, 0.3) is 5.89 Å². The molecule has 0 saturated carbocycles. The van der Waals surface area contributed by atoms with Crippen LogP contribution in [0.4, 0.5) is 10.1 Å². The first-order valence-electron chi connectivity index (χ1n) is 10.2. The van der Waals surface area contributed by atoms with E-state index in [4.69, 9.17) is 9.26 Å². The molecular weight excluding hydrogens is 383 g/mol. The first-order valence-corrected chi connectivity index (χ1v) is 10.2. The van der Waals surface area contributed by atoms with Gasteiger partial charge in [0.1, 0.15) is 12.4 Å². The van der Waals surface area contributed by atoms with Crippen molar-refractivity contribution in [2.45, 2.75) is 32.1 Å². The minimum atomic E-state index is -0.260. The summed E-state index contributed by atoms with van der Waals surface area (Å²) in [5, 5.41) is 4.06. The molecule has 0 spiro atoms. The van der Waals surface area contributed by atoms with Crippen LogP contribution < -0.4 is 4.90 Å². The van der Waals surface area contributed by atoms with Crippen LogP contribution in [0.2, 0.25) is 0 Å². The van der Waals surface area contributed by atoms with Crippen LogP contribution in [0.1, 0.15) is 24.3 Å². The second-order valence-corrected chi connectivity index (χ2v) is 7.86. The van der Waals surface area contributed by atoms with Gasteiger partial charge in [0.05, 0.1) is 6.61 Å². The van der Waals surface area contributed by atoms with Crippen molar-refractivity contribution in [1.29, 1.82) is 0 Å². The number of ether oxygens (including phenoxy) is 1. The van der Waals surface area contributed by atoms with Gasteiger partial charge in [-0.15, -0.1) is 0 Å². The molecule has 2 aromatic carbocycles. The molecule has 0 unspecified atom stereocenters. The van der Waals surface area contributed by atoms with Crippen molar-refractivity contribution in [3.8, 4) is 11.4 Å². The Morgan fingerprint density at radius 1 is 1.03 bits per heavy atom. The highest BCUT2D eigenvalue weighted by Gasteiger charge is 2.20. The van der Waals surface area contributed by atoms with Crippen LogP contribution >= 0.6 is 0 Å². The predicted octanol–water partition coefficient (Wildman–Crippen LogP) is 4.12. The van der Waals surface area contributed by atoms with Crippen molar-refractivity contribution < 1.29 is 13.7 Å². The van der Waals surface area contributed by atoms with E-state index < -0.39 is 0 Å². The minimum Gasteiger partial charge on any atom is -0.371 e. The minimum absolute atomic E-state index is 0.212. The molecule has 158 valence electrons. The van der Waals surface area contributed by atoms with Crippen LogP contribution in [-0.2, 0) is 18.0 Å². The van der Waals surface area contributed by atoms with Gasteiger partial charge >= 0.3 is 0 Å². The van der Waals surface area contributed by atoms with Gasteiger partial charge in [0.2, 0.25) is 5.82 Å². The van der Waals surface area contributed by atoms with Crippen LogP contribution in [0.5, 0.6) is 0 Å². The zero-order chi connectivity index (χ0) is 20.9. The summed E-state index contributed by atoms with van der Waals surface area (Å²) in [5.74, 6) is 0.708. The molecular formula is C23H27FN4O2. The van der Waals surface area contributed by atoms with Crippen LogP contribution in [-0.4, -0.2) is 48.3 Å². The van der Waals surface area contributed by atoms with E-state index in [0.29, 0.717) is 24.4 Å². The van der Waals surface area contributed by atoms with E-state index in [1.54, 1.807) is 12.1 Å². The standard InChI is InChI=1S/C23H27FN4O2/c1-27(2)20-11-13-28(14-12-20)21-9-5-18(6-10-21)23-25-22(30-26-23)16-29-15-17-3-7-19(24)8-4-17/h3-10,20H,11-16H2,1-2H3. The number of hydrogen-bond acceptors (Lipinski definition) is 6. The van der Waals surface area contributed by atoms with E-state index in [9.17, 15) is 4.39 Å². The normalized spacial score (nSPS) is 15.1. The van der Waals surface area contributed by atoms with Crippen LogP contribution in [0.25, 0.3) is 11.4 Å². The van der Waals surface area contributed by atoms with Gasteiger partial charge in [0, 0.05) is 30.4 Å². The SMILES string of the molecule is CN(C)C1CCN(c2ccc(-c3noc(COCc4ccc(F)cc4)n3)cc2)CC1. The summed E-state index contributed by atoms with van der Waals surface area (Å²) < 4.78 is 23.8. The lowest BCUT2D eigenvalue weighted by molar-refractivity contribution is 0.0850. The Morgan fingerprint density at radius 2 is 1.73 bits per heavy atom. The maximum Gasteiger partial charge on any atom is 0.252 e. The summed E-state index contributed by atoms with van der Waals surface area (Å²) in [4.78, 5) is 9.16. The van der Waals surface area contributed by atoms with Gasteiger partial charge in [-0.3, -0.25) is 0 Å². The molecule has 1 fully saturated rings. The predicted molar refractivity (Wildman–Crippen MR) is 114 cm³/mol. The molecule has 1 aromatic heterocycles. The average Bonchev–Trinajstić information content (AvgIpc) is 3.24. The van der Waals surface area contributed by atoms with Crippen molar-refractivity contribution >= 4 is 5.69 Å². The molecule has 1 aliphatic heterocycles. The fourth-order valence-electron chi connectivity index (χ4n) is 3.73. The van der Waals surface area contributed by atoms with E-state index in [-0.39, 0.29) is 12.4 Å². The van der Waals surface area contributed by atoms with E-state index in [1.807, 2.05) is 12.1 Å². The molecule has 0 atom stereocenters. The summed E-state index contributed by atoms with van der Waals surface area (Å²) >= 11 is 0. The van der Waals surface area contributed by atoms with E-state index in [2.05, 4.69) is 46.2 Å². The molecule has 0 N–H and O–H groups in total. The molecule has 3 aromatic rings. The first kappa shape index (κ1) is 20.5. The third-order valence-electron chi connectivity index (χ3n) is 5.56. The van der Waals surface area contributed by atoms with Crippen molar-refractivity contribution in [3.05, 3.63) is 65.8 Å². The number of aromatic nitrogens is 2. The van der Waals surface area contributed by atoms with Crippen LogP contribution in [0, 0.1) is 5.82 Å². The number of nitrogens with zero attached hydrogens (tertiary/aromatic N) is 4. The lowest BCUT2D eigenvalue weighted by Gasteiger charge is -2.36. The molecule has 1 aliphatic rings. The summed E-state index contributed by atoms with van der Waals surface area (Å²) in [6.45, 7) is 2.71. The average molecular weight is 410 g/mol. The smallest absolute Gasteiger partial charge is 0.252 e. The Balaban J connectivity index is 1.30. The number of halogens is 1. The van der Waals surface area contributed by atoms with E-state index in [1.165, 1.54) is 30.7 Å². The second-order valence-electron chi connectivity index (χ2n) is 7.86. The van der Waals surface area contributed by atoms with Crippen molar-refractivity contribution in [1.82, 2.24) is 15.0 Å². The van der Waals surface area contributed by atoms with E-state index >= 15 is 0 Å². The molecule has 30 heavy (non-hydrogen) atoms. The molecule has 6 nitrogen and oxygen atoms in total. The zero-order valence-corrected chi connectivity index (χ0v) is 17.4. The lowest BCUT2D eigenvalue weighted by atomic mass is 10.0. The van der Waals surface area contributed by atoms with Crippen molar-refractivity contribution in [3.63, 3.8) is 0 Å². The monoisotopic (exact) mass is 410 g/mol. The Morgan fingerprint density at radius 3 is 2.40 bits per heavy atom. The van der Waals surface area contributed by atoms with Crippen molar-refractivity contribution in [2.24, 2.45) is 0 Å². The lowest BCUT2D eigenvalue weighted by Crippen LogP contribution is -2.41. The molecule has 7 heteroatoms. The molecule has 0 bridgehead atoms. The van der Waals surface area contributed by atoms with Crippen LogP contribution in [0.3, 0.4) is 0 Å². The number of hydrogen-bond donors (Lipinski definition) is 0. The van der Waals surface area contributed by atoms with Crippen LogP contribution in [0.15, 0.2) is 53.1 Å². The summed E-state index contributed by atoms with van der Waals surface area (Å²) in [5.41, 5.74) is 3.03. The topological polar surface area (TPSA) is 54.6 Å². The molecule has 0 amide bonds. The summed E-state index contributed by atoms with van der Waals surface area (Å²) in [6.07, 6.45) is 2.36. The fraction of sp³-hybridized carbons (Fsp3) is 0.391. The number of benzene rings is 2. The summed E-state index contributed by atoms with van der Waals surface area (Å²) in [6, 6.07) is 15.2. The Labute approximate surface area is 176 Å². The van der Waals surface area contributed by atoms with Gasteiger partial charge in [0.15, 0.2) is 0 Å². The van der Waals surface area contributed by atoms with Gasteiger partial charge in [-0.05, 0) is 68.9 Å². The third kappa shape index (κ3) is 5.04. The molecule has 2 heterocycles. The first-order chi connectivity index (χ1) is 14.6. The van der Waals surface area contributed by atoms with Gasteiger partial charge < -0.3 is 19.1 Å². The Kier molecular flexibility index (Phi) is 6.40. The molecule has 0 radical (unpaired) electrons. The molecule has 1 saturated heterocycles. The maximum atomic E-state index is 12.9. The van der Waals surface area contributed by atoms with Gasteiger partial charge in [-0.2, -0.15) is 4.98 Å². The van der Waals surface area contributed by atoms with Gasteiger partial charge in [-0.25, -0.2) is 4.39 Å². The number of anilines is 1. The number of piperidine rings is 1. The summed E-state index contributed by atoms with van der Waals surface area (Å²) in [7, 11) is 4.31. The maximum absolute atomic E-state index is 12.9. The van der Waals surface area contributed by atoms with Crippen molar-refractivity contribution in [2.75, 3.05) is 32.1 Å². The fourth-order valence-corrected chi connectivity index (χ4v) is 3.73. The molecule has 4 rings (SSSR count). The Bertz CT molecular complexity index is 933. The largest absolute Gasteiger partial charge is 0.371 e. The second kappa shape index (κ2) is 9.36. The zero-order valence-electron chi connectivity index (χ0n) is 17.4. The number of rotatable bonds is 7.